The van der Waals surface area contributed by atoms with Crippen molar-refractivity contribution < 1.29 is 9.90 Å². The Kier molecular flexibility index (Phi) is 2.76. The van der Waals surface area contributed by atoms with Crippen LogP contribution in [0, 0.1) is 23.2 Å². The van der Waals surface area contributed by atoms with Crippen LogP contribution in [-0.2, 0) is 11.2 Å². The number of phenols is 1. The molecule has 0 aliphatic heterocycles. The van der Waals surface area contributed by atoms with Crippen LogP contribution in [0.1, 0.15) is 56.6 Å². The van der Waals surface area contributed by atoms with Gasteiger partial charge in [0.2, 0.25) is 0 Å². The molecular weight excluding hydrogens is 260 g/mol. The van der Waals surface area contributed by atoms with Gasteiger partial charge in [0.05, 0.1) is 0 Å². The number of hydrogen-bond acceptors (Lipinski definition) is 2. The molecule has 1 aromatic rings. The Balaban J connectivity index is 1.77. The van der Waals surface area contributed by atoms with Crippen molar-refractivity contribution in [1.29, 1.82) is 0 Å². The molecule has 0 spiro atoms. The minimum Gasteiger partial charge on any atom is -0.508 e. The van der Waals surface area contributed by atoms with Gasteiger partial charge in [0.15, 0.2) is 0 Å². The van der Waals surface area contributed by atoms with Crippen molar-refractivity contribution in [3.8, 4) is 5.75 Å². The Labute approximate surface area is 126 Å². The quantitative estimate of drug-likeness (QED) is 0.780. The van der Waals surface area contributed by atoms with Gasteiger partial charge in [0, 0.05) is 11.8 Å². The number of fused-ring (bicyclic) bond motifs is 5. The van der Waals surface area contributed by atoms with E-state index < -0.39 is 0 Å². The summed E-state index contributed by atoms with van der Waals surface area (Å²) in [6.45, 7) is 4.57. The number of phenolic OH excluding ortho intramolecular Hbond substituents is 1. The van der Waals surface area contributed by atoms with E-state index in [1.54, 1.807) is 0 Å². The third-order valence-corrected chi connectivity index (χ3v) is 6.77. The average molecular weight is 284 g/mol. The molecule has 0 unspecified atom stereocenters. The number of ketones is 1. The smallest absolute Gasteiger partial charge is 0.139 e. The Morgan fingerprint density at radius 1 is 1.29 bits per heavy atom. The van der Waals surface area contributed by atoms with Crippen LogP contribution < -0.4 is 0 Å². The highest BCUT2D eigenvalue weighted by atomic mass is 16.3. The molecule has 0 aromatic heterocycles. The zero-order valence-corrected chi connectivity index (χ0v) is 12.9. The zero-order valence-electron chi connectivity index (χ0n) is 12.9. The van der Waals surface area contributed by atoms with Gasteiger partial charge in [0.1, 0.15) is 11.5 Å². The molecule has 0 amide bonds. The summed E-state index contributed by atoms with van der Waals surface area (Å²) >= 11 is 0. The summed E-state index contributed by atoms with van der Waals surface area (Å²) in [4.78, 5) is 12.4. The third-order valence-electron chi connectivity index (χ3n) is 6.77. The van der Waals surface area contributed by atoms with Crippen LogP contribution in [0.3, 0.4) is 0 Å². The average Bonchev–Trinajstić information content (AvgIpc) is 2.74. The minimum atomic E-state index is -0.0517. The molecule has 21 heavy (non-hydrogen) atoms. The fourth-order valence-corrected chi connectivity index (χ4v) is 5.74. The number of carbonyl (C=O) groups is 1. The first-order chi connectivity index (χ1) is 10.0. The van der Waals surface area contributed by atoms with E-state index in [9.17, 15) is 9.90 Å². The molecular formula is C19H24O2. The Hall–Kier alpha value is -1.31. The van der Waals surface area contributed by atoms with Crippen LogP contribution in [0.25, 0.3) is 0 Å². The second kappa shape index (κ2) is 4.34. The number of benzene rings is 1. The summed E-state index contributed by atoms with van der Waals surface area (Å²) in [5.74, 6) is 3.31. The topological polar surface area (TPSA) is 37.3 Å². The molecule has 112 valence electrons. The molecule has 0 radical (unpaired) electrons. The highest BCUT2D eigenvalue weighted by Crippen LogP contribution is 2.60. The van der Waals surface area contributed by atoms with E-state index in [2.05, 4.69) is 19.9 Å². The molecule has 0 heterocycles. The van der Waals surface area contributed by atoms with Crippen LogP contribution in [0.4, 0.5) is 0 Å². The normalized spacial score (nSPS) is 41.3. The van der Waals surface area contributed by atoms with Crippen LogP contribution >= 0.6 is 0 Å². The summed E-state index contributed by atoms with van der Waals surface area (Å²) in [6.07, 6.45) is 5.11. The SMILES string of the molecule is C[C@H]1Cc2cc(O)ccc2[C@H]2CC[C@]3(C)C(=O)CC[C@H]3[C@@H]21. The highest BCUT2D eigenvalue weighted by Gasteiger charge is 2.56. The number of rotatable bonds is 0. The molecule has 4 rings (SSSR count). The van der Waals surface area contributed by atoms with Gasteiger partial charge >= 0.3 is 0 Å². The summed E-state index contributed by atoms with van der Waals surface area (Å²) in [5.41, 5.74) is 2.72. The Morgan fingerprint density at radius 2 is 2.10 bits per heavy atom. The fourth-order valence-electron chi connectivity index (χ4n) is 5.74. The molecule has 2 nitrogen and oxygen atoms in total. The Morgan fingerprint density at radius 3 is 2.90 bits per heavy atom. The van der Waals surface area contributed by atoms with Crippen molar-refractivity contribution in [3.05, 3.63) is 29.3 Å². The molecule has 1 N–H and O–H groups in total. The van der Waals surface area contributed by atoms with Gasteiger partial charge in [-0.2, -0.15) is 0 Å². The van der Waals surface area contributed by atoms with E-state index >= 15 is 0 Å². The molecule has 5 atom stereocenters. The molecule has 3 aliphatic rings. The fraction of sp³-hybridized carbons (Fsp3) is 0.632. The van der Waals surface area contributed by atoms with Crippen molar-refractivity contribution in [2.24, 2.45) is 23.2 Å². The standard InChI is InChI=1S/C19H24O2/c1-11-9-12-10-13(20)3-4-14(12)15-7-8-19(2)16(18(11)15)5-6-17(19)21/h3-4,10-11,15-16,18,20H,5-9H2,1-2H3/t11-,15+,16-,18+,19-/m0/s1. The largest absolute Gasteiger partial charge is 0.508 e. The predicted molar refractivity (Wildman–Crippen MR) is 82.3 cm³/mol. The zero-order chi connectivity index (χ0) is 14.8. The number of carbonyl (C=O) groups excluding carboxylic acids is 1. The molecule has 2 heteroatoms. The summed E-state index contributed by atoms with van der Waals surface area (Å²) in [6, 6.07) is 5.92. The first-order valence-electron chi connectivity index (χ1n) is 8.36. The van der Waals surface area contributed by atoms with Crippen molar-refractivity contribution in [3.63, 3.8) is 0 Å². The molecule has 2 fully saturated rings. The van der Waals surface area contributed by atoms with E-state index in [-0.39, 0.29) is 5.41 Å². The van der Waals surface area contributed by atoms with E-state index in [1.165, 1.54) is 11.1 Å². The maximum absolute atomic E-state index is 12.4. The van der Waals surface area contributed by atoms with Gasteiger partial charge in [-0.3, -0.25) is 4.79 Å². The lowest BCUT2D eigenvalue weighted by molar-refractivity contribution is -0.129. The second-order valence-corrected chi connectivity index (χ2v) is 7.77. The number of Topliss-reactive ketones (excluding diaryl/α,β-unsaturated/α-hetero) is 1. The van der Waals surface area contributed by atoms with Gasteiger partial charge < -0.3 is 5.11 Å². The first kappa shape index (κ1) is 13.4. The van der Waals surface area contributed by atoms with Gasteiger partial charge in [-0.1, -0.05) is 19.9 Å². The van der Waals surface area contributed by atoms with Crippen LogP contribution in [-0.4, -0.2) is 10.9 Å². The lowest BCUT2D eigenvalue weighted by Crippen LogP contribution is -2.45. The maximum atomic E-state index is 12.4. The van der Waals surface area contributed by atoms with Gasteiger partial charge in [0.25, 0.3) is 0 Å². The minimum absolute atomic E-state index is 0.0517. The van der Waals surface area contributed by atoms with Crippen molar-refractivity contribution in [2.75, 3.05) is 0 Å². The molecule has 0 saturated heterocycles. The number of aromatic hydroxyl groups is 1. The summed E-state index contributed by atoms with van der Waals surface area (Å²) in [5, 5.41) is 9.75. The molecule has 1 aromatic carbocycles. The van der Waals surface area contributed by atoms with E-state index in [0.717, 1.165) is 32.1 Å². The predicted octanol–water partition coefficient (Wildman–Crippen LogP) is 4.06. The highest BCUT2D eigenvalue weighted by molar-refractivity contribution is 5.87. The van der Waals surface area contributed by atoms with Crippen LogP contribution in [0.15, 0.2) is 18.2 Å². The number of hydrogen-bond donors (Lipinski definition) is 1. The van der Waals surface area contributed by atoms with E-state index in [0.29, 0.717) is 35.2 Å². The van der Waals surface area contributed by atoms with E-state index in [4.69, 9.17) is 0 Å². The first-order valence-corrected chi connectivity index (χ1v) is 8.36. The van der Waals surface area contributed by atoms with Gasteiger partial charge in [-0.15, -0.1) is 0 Å². The van der Waals surface area contributed by atoms with Crippen LogP contribution in [0.2, 0.25) is 0 Å². The second-order valence-electron chi connectivity index (χ2n) is 7.77. The summed E-state index contributed by atoms with van der Waals surface area (Å²) < 4.78 is 0. The lowest BCUT2D eigenvalue weighted by atomic mass is 9.53. The maximum Gasteiger partial charge on any atom is 0.139 e. The van der Waals surface area contributed by atoms with Crippen molar-refractivity contribution in [2.45, 2.75) is 51.9 Å². The molecule has 2 saturated carbocycles. The Bertz CT molecular complexity index is 606. The molecule has 3 aliphatic carbocycles. The van der Waals surface area contributed by atoms with Gasteiger partial charge in [-0.25, -0.2) is 0 Å². The van der Waals surface area contributed by atoms with Crippen molar-refractivity contribution in [1.82, 2.24) is 0 Å². The van der Waals surface area contributed by atoms with Crippen LogP contribution in [0.5, 0.6) is 5.75 Å². The van der Waals surface area contributed by atoms with Gasteiger partial charge in [-0.05, 0) is 72.6 Å². The van der Waals surface area contributed by atoms with Crippen molar-refractivity contribution >= 4 is 5.78 Å². The molecule has 0 bridgehead atoms. The monoisotopic (exact) mass is 284 g/mol. The van der Waals surface area contributed by atoms with E-state index in [1.807, 2.05) is 12.1 Å². The summed E-state index contributed by atoms with van der Waals surface area (Å²) in [7, 11) is 0. The third kappa shape index (κ3) is 1.74. The lowest BCUT2D eigenvalue weighted by Gasteiger charge is -2.51.